The van der Waals surface area contributed by atoms with Crippen LogP contribution in [-0.2, 0) is 23.0 Å². The van der Waals surface area contributed by atoms with E-state index in [4.69, 9.17) is 22.4 Å². The van der Waals surface area contributed by atoms with Gasteiger partial charge in [0.25, 0.3) is 0 Å². The van der Waals surface area contributed by atoms with E-state index in [2.05, 4.69) is 0 Å². The van der Waals surface area contributed by atoms with Crippen LogP contribution in [0.3, 0.4) is 0 Å². The van der Waals surface area contributed by atoms with E-state index in [0.717, 1.165) is 16.7 Å². The fourth-order valence-corrected chi connectivity index (χ4v) is 5.46. The summed E-state index contributed by atoms with van der Waals surface area (Å²) < 4.78 is 28.2. The Hall–Kier alpha value is -3.39. The number of hydrogen-bond donors (Lipinski definition) is 2. The summed E-state index contributed by atoms with van der Waals surface area (Å²) in [6.45, 7) is 0.411. The summed E-state index contributed by atoms with van der Waals surface area (Å²) in [5.41, 5.74) is 9.61. The van der Waals surface area contributed by atoms with Crippen LogP contribution >= 0.6 is 11.6 Å². The highest BCUT2D eigenvalue weighted by atomic mass is 35.5. The number of nitrogens with zero attached hydrogens (tertiary/aromatic N) is 1. The van der Waals surface area contributed by atoms with Crippen molar-refractivity contribution in [2.24, 2.45) is 5.73 Å². The number of carboxylic acid groups (broad SMARTS) is 1. The van der Waals surface area contributed by atoms with E-state index in [9.17, 15) is 13.2 Å². The number of carbonyl (C=O) groups is 1. The summed E-state index contributed by atoms with van der Waals surface area (Å²) in [5.74, 6) is -1.21. The SMILES string of the molecule is NCc1cccc(C=CCS(=O)(=O)n2c(Cc3ccc(C(=O)O)cc3)cc3cc(Cl)ccc32)c1. The van der Waals surface area contributed by atoms with Gasteiger partial charge in [-0.1, -0.05) is 60.2 Å². The highest BCUT2D eigenvalue weighted by Gasteiger charge is 2.20. The van der Waals surface area contributed by atoms with Gasteiger partial charge >= 0.3 is 5.97 Å². The van der Waals surface area contributed by atoms with Crippen LogP contribution in [0.1, 0.15) is 32.7 Å². The molecule has 0 aliphatic carbocycles. The van der Waals surface area contributed by atoms with E-state index < -0.39 is 16.0 Å². The molecule has 1 aromatic heterocycles. The molecule has 6 nitrogen and oxygen atoms in total. The minimum Gasteiger partial charge on any atom is -0.478 e. The Morgan fingerprint density at radius 3 is 2.47 bits per heavy atom. The molecule has 0 saturated heterocycles. The molecule has 3 N–H and O–H groups in total. The van der Waals surface area contributed by atoms with E-state index in [1.807, 2.05) is 24.3 Å². The lowest BCUT2D eigenvalue weighted by Gasteiger charge is -2.11. The molecule has 0 bridgehead atoms. The molecule has 3 aromatic carbocycles. The van der Waals surface area contributed by atoms with Gasteiger partial charge in [-0.3, -0.25) is 0 Å². The molecule has 0 fully saturated rings. The van der Waals surface area contributed by atoms with Gasteiger partial charge in [0.05, 0.1) is 16.8 Å². The molecule has 4 rings (SSSR count). The second-order valence-electron chi connectivity index (χ2n) is 7.91. The molecule has 8 heteroatoms. The van der Waals surface area contributed by atoms with Crippen molar-refractivity contribution < 1.29 is 18.3 Å². The topological polar surface area (TPSA) is 102 Å². The number of aromatic carboxylic acids is 1. The van der Waals surface area contributed by atoms with Gasteiger partial charge in [0, 0.05) is 29.1 Å². The first-order chi connectivity index (χ1) is 16.3. The summed E-state index contributed by atoms with van der Waals surface area (Å²) in [6, 6.07) is 20.9. The van der Waals surface area contributed by atoms with Crippen LogP contribution in [0.25, 0.3) is 17.0 Å². The molecule has 0 amide bonds. The van der Waals surface area contributed by atoms with Gasteiger partial charge in [-0.05, 0) is 53.1 Å². The number of benzene rings is 3. The maximum Gasteiger partial charge on any atom is 0.335 e. The highest BCUT2D eigenvalue weighted by molar-refractivity contribution is 7.90. The number of nitrogens with two attached hydrogens (primary N) is 1. The van der Waals surface area contributed by atoms with Crippen LogP contribution in [0.5, 0.6) is 0 Å². The minimum atomic E-state index is -3.75. The molecule has 0 radical (unpaired) electrons. The molecule has 1 heterocycles. The van der Waals surface area contributed by atoms with Crippen molar-refractivity contribution in [3.8, 4) is 0 Å². The fourth-order valence-electron chi connectivity index (χ4n) is 3.85. The first-order valence-corrected chi connectivity index (χ1v) is 12.6. The van der Waals surface area contributed by atoms with E-state index in [1.165, 1.54) is 16.1 Å². The van der Waals surface area contributed by atoms with Crippen LogP contribution in [0.2, 0.25) is 5.02 Å². The van der Waals surface area contributed by atoms with Gasteiger partial charge in [-0.15, -0.1) is 0 Å². The van der Waals surface area contributed by atoms with Gasteiger partial charge < -0.3 is 10.8 Å². The molecule has 34 heavy (non-hydrogen) atoms. The quantitative estimate of drug-likeness (QED) is 0.361. The molecule has 4 aromatic rings. The Bertz CT molecular complexity index is 1490. The molecule has 0 unspecified atom stereocenters. The minimum absolute atomic E-state index is 0.174. The Morgan fingerprint density at radius 2 is 1.76 bits per heavy atom. The largest absolute Gasteiger partial charge is 0.478 e. The third kappa shape index (κ3) is 5.22. The van der Waals surface area contributed by atoms with E-state index in [1.54, 1.807) is 48.6 Å². The van der Waals surface area contributed by atoms with Crippen LogP contribution in [0.4, 0.5) is 0 Å². The first kappa shape index (κ1) is 23.8. The average molecular weight is 495 g/mol. The normalized spacial score (nSPS) is 11.9. The van der Waals surface area contributed by atoms with Gasteiger partial charge in [0.1, 0.15) is 0 Å². The summed E-state index contributed by atoms with van der Waals surface area (Å²) >= 11 is 6.14. The maximum absolute atomic E-state index is 13.4. The van der Waals surface area contributed by atoms with Crippen molar-refractivity contribution in [3.05, 3.63) is 112 Å². The number of halogens is 1. The van der Waals surface area contributed by atoms with Crippen molar-refractivity contribution in [2.75, 3.05) is 5.75 Å². The standard InChI is InChI=1S/C26H23ClN2O4S/c27-23-10-11-25-22(15-23)16-24(14-19-6-8-21(9-7-19)26(30)31)29(25)34(32,33)12-2-5-18-3-1-4-20(13-18)17-28/h1-11,13,15-16H,12,14,17,28H2,(H,30,31). The van der Waals surface area contributed by atoms with Gasteiger partial charge in [-0.25, -0.2) is 17.2 Å². The molecular formula is C26H23ClN2O4S. The summed E-state index contributed by atoms with van der Waals surface area (Å²) in [7, 11) is -3.75. The van der Waals surface area contributed by atoms with Crippen molar-refractivity contribution in [2.45, 2.75) is 13.0 Å². The second kappa shape index (κ2) is 9.85. The van der Waals surface area contributed by atoms with E-state index in [-0.39, 0.29) is 11.3 Å². The fraction of sp³-hybridized carbons (Fsp3) is 0.115. The van der Waals surface area contributed by atoms with Gasteiger partial charge in [0.2, 0.25) is 10.0 Å². The third-order valence-corrected chi connectivity index (χ3v) is 7.30. The lowest BCUT2D eigenvalue weighted by Crippen LogP contribution is -2.18. The highest BCUT2D eigenvalue weighted by Crippen LogP contribution is 2.27. The van der Waals surface area contributed by atoms with E-state index >= 15 is 0 Å². The van der Waals surface area contributed by atoms with Crippen LogP contribution < -0.4 is 5.73 Å². The van der Waals surface area contributed by atoms with Gasteiger partial charge in [-0.2, -0.15) is 0 Å². The number of hydrogen-bond acceptors (Lipinski definition) is 4. The average Bonchev–Trinajstić information content (AvgIpc) is 3.17. The second-order valence-corrected chi connectivity index (χ2v) is 10.2. The summed E-state index contributed by atoms with van der Waals surface area (Å²) in [4.78, 5) is 11.1. The molecule has 174 valence electrons. The lowest BCUT2D eigenvalue weighted by molar-refractivity contribution is 0.0697. The van der Waals surface area contributed by atoms with Crippen molar-refractivity contribution in [1.82, 2.24) is 3.97 Å². The maximum atomic E-state index is 13.4. The Labute approximate surface area is 203 Å². The summed E-state index contributed by atoms with van der Waals surface area (Å²) in [6.07, 6.45) is 3.70. The molecule has 0 atom stereocenters. The smallest absolute Gasteiger partial charge is 0.335 e. The third-order valence-electron chi connectivity index (χ3n) is 5.46. The zero-order valence-electron chi connectivity index (χ0n) is 18.2. The van der Waals surface area contributed by atoms with Gasteiger partial charge in [0.15, 0.2) is 0 Å². The zero-order chi connectivity index (χ0) is 24.3. The van der Waals surface area contributed by atoms with Crippen LogP contribution in [-0.4, -0.2) is 29.2 Å². The van der Waals surface area contributed by atoms with Crippen molar-refractivity contribution >= 4 is 44.6 Å². The Balaban J connectivity index is 1.69. The Kier molecular flexibility index (Phi) is 6.88. The first-order valence-electron chi connectivity index (χ1n) is 10.6. The predicted octanol–water partition coefficient (Wildman–Crippen LogP) is 4.93. The zero-order valence-corrected chi connectivity index (χ0v) is 19.8. The van der Waals surface area contributed by atoms with Crippen LogP contribution in [0, 0.1) is 0 Å². The van der Waals surface area contributed by atoms with Crippen molar-refractivity contribution in [1.29, 1.82) is 0 Å². The molecule has 0 saturated carbocycles. The van der Waals surface area contributed by atoms with E-state index in [0.29, 0.717) is 34.6 Å². The number of carboxylic acids is 1. The van der Waals surface area contributed by atoms with Crippen LogP contribution in [0.15, 0.2) is 78.9 Å². The molecule has 0 spiro atoms. The lowest BCUT2D eigenvalue weighted by atomic mass is 10.1. The number of fused-ring (bicyclic) bond motifs is 1. The molecular weight excluding hydrogens is 472 g/mol. The number of rotatable bonds is 8. The molecule has 0 aliphatic heterocycles. The van der Waals surface area contributed by atoms with Crippen molar-refractivity contribution in [3.63, 3.8) is 0 Å². The monoisotopic (exact) mass is 494 g/mol. The number of aromatic nitrogens is 1. The predicted molar refractivity (Wildman–Crippen MR) is 136 cm³/mol. The molecule has 0 aliphatic rings. The Morgan fingerprint density at radius 1 is 1.00 bits per heavy atom. The summed E-state index contributed by atoms with van der Waals surface area (Å²) in [5, 5.41) is 10.4.